The summed E-state index contributed by atoms with van der Waals surface area (Å²) < 4.78 is 11.4. The fraction of sp³-hybridized carbons (Fsp3) is 0.500. The number of halogens is 1. The van der Waals surface area contributed by atoms with Gasteiger partial charge in [-0.15, -0.1) is 11.3 Å². The second-order valence-electron chi connectivity index (χ2n) is 4.87. The number of carbonyl (C=O) groups is 1. The van der Waals surface area contributed by atoms with Gasteiger partial charge in [0.1, 0.15) is 4.88 Å². The van der Waals surface area contributed by atoms with Gasteiger partial charge in [0.05, 0.1) is 30.0 Å². The number of esters is 1. The summed E-state index contributed by atoms with van der Waals surface area (Å²) in [6, 6.07) is 0. The SMILES string of the molecule is CCOC(=O)c1sc2c(N3CCOCC3)nc(Cl)nc2c1C. The first kappa shape index (κ1) is 15.5. The van der Waals surface area contributed by atoms with Crippen LogP contribution in [-0.4, -0.2) is 48.8 Å². The topological polar surface area (TPSA) is 64.5 Å². The third kappa shape index (κ3) is 2.76. The first-order valence-corrected chi connectivity index (χ1v) is 8.27. The van der Waals surface area contributed by atoms with Crippen LogP contribution in [0.4, 0.5) is 5.82 Å². The predicted octanol–water partition coefficient (Wildman–Crippen LogP) is 2.67. The van der Waals surface area contributed by atoms with E-state index in [-0.39, 0.29) is 11.3 Å². The number of aryl methyl sites for hydroxylation is 1. The van der Waals surface area contributed by atoms with E-state index in [9.17, 15) is 4.79 Å². The molecule has 0 saturated carbocycles. The minimum absolute atomic E-state index is 0.185. The van der Waals surface area contributed by atoms with Gasteiger partial charge < -0.3 is 14.4 Å². The van der Waals surface area contributed by atoms with Crippen LogP contribution in [0.5, 0.6) is 0 Å². The number of anilines is 1. The van der Waals surface area contributed by atoms with E-state index in [1.165, 1.54) is 11.3 Å². The molecular weight excluding hydrogens is 326 g/mol. The van der Waals surface area contributed by atoms with Crippen LogP contribution in [0, 0.1) is 6.92 Å². The zero-order valence-corrected chi connectivity index (χ0v) is 14.0. The number of morpholine rings is 1. The minimum Gasteiger partial charge on any atom is -0.462 e. The molecule has 118 valence electrons. The van der Waals surface area contributed by atoms with Gasteiger partial charge in [-0.3, -0.25) is 0 Å². The van der Waals surface area contributed by atoms with Gasteiger partial charge >= 0.3 is 5.97 Å². The highest BCUT2D eigenvalue weighted by atomic mass is 35.5. The number of ether oxygens (including phenoxy) is 2. The summed E-state index contributed by atoms with van der Waals surface area (Å²) in [5.41, 5.74) is 1.51. The van der Waals surface area contributed by atoms with Crippen LogP contribution in [0.2, 0.25) is 5.28 Å². The van der Waals surface area contributed by atoms with Gasteiger partial charge in [-0.25, -0.2) is 9.78 Å². The Balaban J connectivity index is 2.12. The second-order valence-corrected chi connectivity index (χ2v) is 6.23. The Labute approximate surface area is 137 Å². The van der Waals surface area contributed by atoms with Crippen molar-refractivity contribution >= 4 is 44.9 Å². The number of hydrogen-bond donors (Lipinski definition) is 0. The lowest BCUT2D eigenvalue weighted by atomic mass is 10.2. The first-order chi connectivity index (χ1) is 10.6. The number of rotatable bonds is 3. The summed E-state index contributed by atoms with van der Waals surface area (Å²) in [6.07, 6.45) is 0. The summed E-state index contributed by atoms with van der Waals surface area (Å²) in [5, 5.41) is 0.185. The van der Waals surface area contributed by atoms with Gasteiger partial charge in [-0.05, 0) is 25.4 Å². The molecule has 3 rings (SSSR count). The largest absolute Gasteiger partial charge is 0.462 e. The Morgan fingerprint density at radius 3 is 2.82 bits per heavy atom. The molecule has 1 fully saturated rings. The Kier molecular flexibility index (Phi) is 4.46. The molecule has 2 aromatic rings. The molecule has 1 aliphatic rings. The van der Waals surface area contributed by atoms with E-state index in [2.05, 4.69) is 14.9 Å². The lowest BCUT2D eigenvalue weighted by Gasteiger charge is -2.28. The maximum atomic E-state index is 12.1. The third-order valence-electron chi connectivity index (χ3n) is 3.49. The Morgan fingerprint density at radius 2 is 2.14 bits per heavy atom. The normalized spacial score (nSPS) is 15.3. The smallest absolute Gasteiger partial charge is 0.348 e. The lowest BCUT2D eigenvalue weighted by molar-refractivity contribution is 0.0531. The fourth-order valence-electron chi connectivity index (χ4n) is 2.43. The van der Waals surface area contributed by atoms with Crippen LogP contribution < -0.4 is 4.90 Å². The summed E-state index contributed by atoms with van der Waals surface area (Å²) in [5.74, 6) is 0.439. The number of aromatic nitrogens is 2. The van der Waals surface area contributed by atoms with E-state index in [1.54, 1.807) is 6.92 Å². The van der Waals surface area contributed by atoms with Crippen molar-refractivity contribution < 1.29 is 14.3 Å². The summed E-state index contributed by atoms with van der Waals surface area (Å²) in [4.78, 5) is 23.4. The molecule has 1 saturated heterocycles. The van der Waals surface area contributed by atoms with Crippen molar-refractivity contribution in [3.8, 4) is 0 Å². The summed E-state index contributed by atoms with van der Waals surface area (Å²) in [7, 11) is 0. The summed E-state index contributed by atoms with van der Waals surface area (Å²) >= 11 is 7.43. The molecule has 0 radical (unpaired) electrons. The average molecular weight is 342 g/mol. The molecule has 0 unspecified atom stereocenters. The summed E-state index contributed by atoms with van der Waals surface area (Å²) in [6.45, 7) is 6.78. The molecule has 0 bridgehead atoms. The fourth-order valence-corrected chi connectivity index (χ4v) is 3.75. The highest BCUT2D eigenvalue weighted by Gasteiger charge is 2.24. The van der Waals surface area contributed by atoms with E-state index in [0.717, 1.165) is 34.7 Å². The third-order valence-corrected chi connectivity index (χ3v) is 4.92. The van der Waals surface area contributed by atoms with E-state index >= 15 is 0 Å². The van der Waals surface area contributed by atoms with Crippen molar-refractivity contribution in [2.24, 2.45) is 0 Å². The zero-order chi connectivity index (χ0) is 15.7. The first-order valence-electron chi connectivity index (χ1n) is 7.08. The number of fused-ring (bicyclic) bond motifs is 1. The molecule has 0 atom stereocenters. The molecule has 0 N–H and O–H groups in total. The minimum atomic E-state index is -0.327. The van der Waals surface area contributed by atoms with Crippen LogP contribution in [0.15, 0.2) is 0 Å². The Bertz CT molecular complexity index is 713. The van der Waals surface area contributed by atoms with Crippen molar-refractivity contribution in [1.29, 1.82) is 0 Å². The average Bonchev–Trinajstić information content (AvgIpc) is 2.85. The van der Waals surface area contributed by atoms with Gasteiger partial charge in [-0.2, -0.15) is 4.98 Å². The molecule has 0 aliphatic carbocycles. The second kappa shape index (κ2) is 6.36. The van der Waals surface area contributed by atoms with E-state index in [4.69, 9.17) is 21.1 Å². The van der Waals surface area contributed by atoms with Gasteiger partial charge in [0.25, 0.3) is 0 Å². The molecule has 6 nitrogen and oxygen atoms in total. The molecule has 0 aromatic carbocycles. The van der Waals surface area contributed by atoms with Gasteiger partial charge in [0, 0.05) is 18.7 Å². The van der Waals surface area contributed by atoms with Crippen molar-refractivity contribution in [3.05, 3.63) is 15.7 Å². The van der Waals surface area contributed by atoms with E-state index < -0.39 is 0 Å². The highest BCUT2D eigenvalue weighted by Crippen LogP contribution is 2.36. The molecule has 3 heterocycles. The Hall–Kier alpha value is -1.44. The standard InChI is InChI=1S/C14H16ClN3O3S/c1-3-21-13(19)10-8(2)9-11(22-10)12(17-14(15)16-9)18-4-6-20-7-5-18/h3-7H2,1-2H3. The van der Waals surface area contributed by atoms with E-state index in [0.29, 0.717) is 24.7 Å². The van der Waals surface area contributed by atoms with E-state index in [1.807, 2.05) is 6.92 Å². The molecule has 1 aliphatic heterocycles. The molecule has 2 aromatic heterocycles. The van der Waals surface area contributed by atoms with Crippen LogP contribution >= 0.6 is 22.9 Å². The molecule has 0 spiro atoms. The van der Waals surface area contributed by atoms with Crippen molar-refractivity contribution in [2.75, 3.05) is 37.8 Å². The monoisotopic (exact) mass is 341 g/mol. The quantitative estimate of drug-likeness (QED) is 0.631. The molecule has 22 heavy (non-hydrogen) atoms. The Morgan fingerprint density at radius 1 is 1.41 bits per heavy atom. The number of carbonyl (C=O) groups excluding carboxylic acids is 1. The van der Waals surface area contributed by atoms with Crippen LogP contribution in [0.25, 0.3) is 10.2 Å². The number of thiophene rings is 1. The van der Waals surface area contributed by atoms with Gasteiger partial charge in [-0.1, -0.05) is 0 Å². The number of hydrogen-bond acceptors (Lipinski definition) is 7. The van der Waals surface area contributed by atoms with Crippen molar-refractivity contribution in [2.45, 2.75) is 13.8 Å². The maximum absolute atomic E-state index is 12.1. The highest BCUT2D eigenvalue weighted by molar-refractivity contribution is 7.21. The molecule has 8 heteroatoms. The maximum Gasteiger partial charge on any atom is 0.348 e. The van der Waals surface area contributed by atoms with Crippen molar-refractivity contribution in [3.63, 3.8) is 0 Å². The lowest BCUT2D eigenvalue weighted by Crippen LogP contribution is -2.36. The zero-order valence-electron chi connectivity index (χ0n) is 12.4. The van der Waals surface area contributed by atoms with Gasteiger partial charge in [0.15, 0.2) is 5.82 Å². The number of nitrogens with zero attached hydrogens (tertiary/aromatic N) is 3. The van der Waals surface area contributed by atoms with Crippen LogP contribution in [-0.2, 0) is 9.47 Å². The van der Waals surface area contributed by atoms with Crippen molar-refractivity contribution in [1.82, 2.24) is 9.97 Å². The predicted molar refractivity (Wildman–Crippen MR) is 86.2 cm³/mol. The van der Waals surface area contributed by atoms with Crippen LogP contribution in [0.1, 0.15) is 22.2 Å². The van der Waals surface area contributed by atoms with Gasteiger partial charge in [0.2, 0.25) is 5.28 Å². The molecule has 0 amide bonds. The van der Waals surface area contributed by atoms with Crippen LogP contribution in [0.3, 0.4) is 0 Å². The molecular formula is C14H16ClN3O3S.